The molecule has 6 heteroatoms. The van der Waals surface area contributed by atoms with Crippen LogP contribution in [0, 0.1) is 0 Å². The summed E-state index contributed by atoms with van der Waals surface area (Å²) in [5.41, 5.74) is 2.17. The Morgan fingerprint density at radius 2 is 2.17 bits per heavy atom. The highest BCUT2D eigenvalue weighted by Gasteiger charge is 2.33. The topological polar surface area (TPSA) is 33.5 Å². The minimum Gasteiger partial charge on any atom is -0.378 e. The van der Waals surface area contributed by atoms with Crippen molar-refractivity contribution in [2.24, 2.45) is 7.05 Å². The molecule has 1 aromatic heterocycles. The molecule has 0 saturated carbocycles. The highest BCUT2D eigenvalue weighted by atomic mass is 35.5. The number of halogens is 1. The van der Waals surface area contributed by atoms with E-state index in [4.69, 9.17) is 21.4 Å². The van der Waals surface area contributed by atoms with Gasteiger partial charge in [0.2, 0.25) is 0 Å². The predicted molar refractivity (Wildman–Crippen MR) is 91.8 cm³/mol. The van der Waals surface area contributed by atoms with Crippen LogP contribution in [0.25, 0.3) is 10.9 Å². The number of ether oxygens (including phenoxy) is 1. The van der Waals surface area contributed by atoms with Gasteiger partial charge in [0, 0.05) is 50.7 Å². The Kier molecular flexibility index (Phi) is 4.05. The first-order chi connectivity index (χ1) is 11.1. The maximum atomic E-state index is 6.42. The summed E-state index contributed by atoms with van der Waals surface area (Å²) in [7, 11) is 1.98. The van der Waals surface area contributed by atoms with Gasteiger partial charge in [0.05, 0.1) is 29.4 Å². The minimum absolute atomic E-state index is 0.498. The zero-order valence-electron chi connectivity index (χ0n) is 13.7. The van der Waals surface area contributed by atoms with Crippen molar-refractivity contribution in [1.29, 1.82) is 0 Å². The van der Waals surface area contributed by atoms with Crippen molar-refractivity contribution in [3.05, 3.63) is 28.9 Å². The minimum atomic E-state index is 0.498. The largest absolute Gasteiger partial charge is 0.378 e. The van der Waals surface area contributed by atoms with Gasteiger partial charge in [-0.05, 0) is 19.1 Å². The predicted octanol–water partition coefficient (Wildman–Crippen LogP) is 2.13. The van der Waals surface area contributed by atoms with Gasteiger partial charge in [-0.15, -0.1) is 0 Å². The van der Waals surface area contributed by atoms with E-state index in [0.29, 0.717) is 12.1 Å². The number of aromatic nitrogens is 2. The second kappa shape index (κ2) is 6.06. The van der Waals surface area contributed by atoms with E-state index >= 15 is 0 Å². The lowest BCUT2D eigenvalue weighted by Gasteiger charge is -2.46. The van der Waals surface area contributed by atoms with Crippen molar-refractivity contribution >= 4 is 22.5 Å². The van der Waals surface area contributed by atoms with Gasteiger partial charge >= 0.3 is 0 Å². The molecule has 0 N–H and O–H groups in total. The van der Waals surface area contributed by atoms with Gasteiger partial charge in [0.25, 0.3) is 0 Å². The van der Waals surface area contributed by atoms with Crippen molar-refractivity contribution in [2.45, 2.75) is 25.6 Å². The smallest absolute Gasteiger partial charge is 0.0858 e. The molecule has 2 aromatic rings. The Morgan fingerprint density at radius 1 is 1.30 bits per heavy atom. The molecule has 1 aromatic carbocycles. The molecule has 5 nitrogen and oxygen atoms in total. The first-order valence-electron chi connectivity index (χ1n) is 8.29. The standard InChI is InChI=1S/C17H23ClN4O/c1-12-10-23-11-13-8-21(6-7-22(12)13)9-15-17-14(18)4-3-5-16(17)20(2)19-15/h3-5,12-13H,6-11H2,1-2H3/t12-,13+/m0/s1. The van der Waals surface area contributed by atoms with Gasteiger partial charge in [-0.2, -0.15) is 5.10 Å². The molecule has 0 radical (unpaired) electrons. The number of morpholine rings is 1. The lowest BCUT2D eigenvalue weighted by atomic mass is 10.1. The zero-order chi connectivity index (χ0) is 16.0. The van der Waals surface area contributed by atoms with E-state index < -0.39 is 0 Å². The quantitative estimate of drug-likeness (QED) is 0.842. The van der Waals surface area contributed by atoms with Crippen molar-refractivity contribution < 1.29 is 4.74 Å². The van der Waals surface area contributed by atoms with Crippen LogP contribution >= 0.6 is 11.6 Å². The number of rotatable bonds is 2. The van der Waals surface area contributed by atoms with Crippen molar-refractivity contribution in [2.75, 3.05) is 32.8 Å². The van der Waals surface area contributed by atoms with Crippen LogP contribution in [0.1, 0.15) is 12.6 Å². The van der Waals surface area contributed by atoms with E-state index in [0.717, 1.165) is 61.0 Å². The molecule has 124 valence electrons. The molecule has 2 atom stereocenters. The second-order valence-corrected chi connectivity index (χ2v) is 7.12. The molecular weight excluding hydrogens is 312 g/mol. The van der Waals surface area contributed by atoms with Crippen molar-refractivity contribution in [1.82, 2.24) is 19.6 Å². The summed E-state index contributed by atoms with van der Waals surface area (Å²) in [5, 5.41) is 6.59. The fourth-order valence-corrected chi connectivity index (χ4v) is 4.23. The van der Waals surface area contributed by atoms with E-state index in [2.05, 4.69) is 22.8 Å². The summed E-state index contributed by atoms with van der Waals surface area (Å²) in [5.74, 6) is 0. The van der Waals surface area contributed by atoms with Crippen LogP contribution in [0.15, 0.2) is 18.2 Å². The van der Waals surface area contributed by atoms with Gasteiger partial charge in [-0.25, -0.2) is 0 Å². The number of fused-ring (bicyclic) bond motifs is 2. The molecule has 2 fully saturated rings. The number of aryl methyl sites for hydroxylation is 1. The third-order valence-electron chi connectivity index (χ3n) is 5.12. The zero-order valence-corrected chi connectivity index (χ0v) is 14.5. The summed E-state index contributed by atoms with van der Waals surface area (Å²) in [6.07, 6.45) is 0. The molecule has 0 amide bonds. The Bertz CT molecular complexity index is 716. The molecule has 0 unspecified atom stereocenters. The number of hydrogen-bond acceptors (Lipinski definition) is 4. The summed E-state index contributed by atoms with van der Waals surface area (Å²) >= 11 is 6.42. The third kappa shape index (κ3) is 2.76. The number of piperazine rings is 1. The molecular formula is C17H23ClN4O. The molecule has 2 aliphatic heterocycles. The van der Waals surface area contributed by atoms with Gasteiger partial charge < -0.3 is 4.74 Å². The number of benzene rings is 1. The average Bonchev–Trinajstić information content (AvgIpc) is 2.85. The Balaban J connectivity index is 1.55. The maximum Gasteiger partial charge on any atom is 0.0858 e. The van der Waals surface area contributed by atoms with Gasteiger partial charge in [0.15, 0.2) is 0 Å². The molecule has 0 aliphatic carbocycles. The van der Waals surface area contributed by atoms with Crippen molar-refractivity contribution in [3.8, 4) is 0 Å². The van der Waals surface area contributed by atoms with Crippen LogP contribution < -0.4 is 0 Å². The van der Waals surface area contributed by atoms with Crippen LogP contribution in [-0.2, 0) is 18.3 Å². The highest BCUT2D eigenvalue weighted by molar-refractivity contribution is 6.35. The highest BCUT2D eigenvalue weighted by Crippen LogP contribution is 2.28. The average molecular weight is 335 g/mol. The number of hydrogen-bond donors (Lipinski definition) is 0. The third-order valence-corrected chi connectivity index (χ3v) is 5.44. The molecule has 0 spiro atoms. The van der Waals surface area contributed by atoms with Crippen LogP contribution in [-0.4, -0.2) is 64.5 Å². The normalized spacial score (nSPS) is 26.6. The summed E-state index contributed by atoms with van der Waals surface area (Å²) in [6.45, 7) is 8.01. The Morgan fingerprint density at radius 3 is 3.04 bits per heavy atom. The summed E-state index contributed by atoms with van der Waals surface area (Å²) < 4.78 is 7.66. The molecule has 4 rings (SSSR count). The van der Waals surface area contributed by atoms with Crippen LogP contribution in [0.3, 0.4) is 0 Å². The second-order valence-electron chi connectivity index (χ2n) is 6.72. The van der Waals surface area contributed by atoms with E-state index in [-0.39, 0.29) is 0 Å². The molecule has 3 heterocycles. The molecule has 2 saturated heterocycles. The van der Waals surface area contributed by atoms with Gasteiger partial charge in [0.1, 0.15) is 0 Å². The van der Waals surface area contributed by atoms with Crippen molar-refractivity contribution in [3.63, 3.8) is 0 Å². The maximum absolute atomic E-state index is 6.42. The van der Waals surface area contributed by atoms with E-state index in [9.17, 15) is 0 Å². The first kappa shape index (κ1) is 15.4. The number of nitrogens with zero attached hydrogens (tertiary/aromatic N) is 4. The fraction of sp³-hybridized carbons (Fsp3) is 0.588. The fourth-order valence-electron chi connectivity index (χ4n) is 3.95. The summed E-state index contributed by atoms with van der Waals surface area (Å²) in [4.78, 5) is 5.07. The van der Waals surface area contributed by atoms with Gasteiger partial charge in [-0.1, -0.05) is 17.7 Å². The van der Waals surface area contributed by atoms with Gasteiger partial charge in [-0.3, -0.25) is 14.5 Å². The van der Waals surface area contributed by atoms with Crippen LogP contribution in [0.5, 0.6) is 0 Å². The lowest BCUT2D eigenvalue weighted by molar-refractivity contribution is -0.0767. The molecule has 23 heavy (non-hydrogen) atoms. The summed E-state index contributed by atoms with van der Waals surface area (Å²) in [6, 6.07) is 7.03. The first-order valence-corrected chi connectivity index (χ1v) is 8.67. The van der Waals surface area contributed by atoms with E-state index in [1.165, 1.54) is 0 Å². The Labute approximate surface area is 141 Å². The van der Waals surface area contributed by atoms with Crippen LogP contribution in [0.2, 0.25) is 5.02 Å². The molecule has 2 aliphatic rings. The van der Waals surface area contributed by atoms with E-state index in [1.54, 1.807) is 0 Å². The lowest BCUT2D eigenvalue weighted by Crippen LogP contribution is -2.60. The van der Waals surface area contributed by atoms with Crippen LogP contribution in [0.4, 0.5) is 0 Å². The monoisotopic (exact) mass is 334 g/mol. The molecule has 0 bridgehead atoms. The van der Waals surface area contributed by atoms with E-state index in [1.807, 2.05) is 23.9 Å². The Hall–Kier alpha value is -1.14. The SMILES string of the molecule is C[C@H]1COC[C@H]2CN(Cc3nn(C)c4cccc(Cl)c34)CCN21.